The fourth-order valence-corrected chi connectivity index (χ4v) is 2.04. The molecule has 3 nitrogen and oxygen atoms in total. The molecule has 5 heteroatoms. The first-order valence-electron chi connectivity index (χ1n) is 6.27. The Morgan fingerprint density at radius 3 is 2.33 bits per heavy atom. The minimum atomic E-state index is -0.686. The lowest BCUT2D eigenvalue weighted by Crippen LogP contribution is -2.07. The minimum Gasteiger partial charge on any atom is -0.465 e. The van der Waals surface area contributed by atoms with Crippen LogP contribution in [0.3, 0.4) is 0 Å². The molecule has 0 aromatic heterocycles. The van der Waals surface area contributed by atoms with Gasteiger partial charge in [0.2, 0.25) is 0 Å². The summed E-state index contributed by atoms with van der Waals surface area (Å²) in [5.74, 6) is -1.28. The van der Waals surface area contributed by atoms with E-state index in [2.05, 4.69) is 4.74 Å². The van der Waals surface area contributed by atoms with Crippen LogP contribution >= 0.6 is 12.4 Å². The van der Waals surface area contributed by atoms with Gasteiger partial charge in [-0.2, -0.15) is 0 Å². The van der Waals surface area contributed by atoms with Crippen molar-refractivity contribution in [2.75, 3.05) is 7.11 Å². The Kier molecular flexibility index (Phi) is 5.88. The Labute approximate surface area is 129 Å². The van der Waals surface area contributed by atoms with Crippen molar-refractivity contribution in [3.63, 3.8) is 0 Å². The zero-order chi connectivity index (χ0) is 14.7. The molecule has 0 heterocycles. The second kappa shape index (κ2) is 7.20. The molecule has 2 aromatic carbocycles. The molecule has 21 heavy (non-hydrogen) atoms. The normalized spacial score (nSPS) is 11.4. The summed E-state index contributed by atoms with van der Waals surface area (Å²) in [5, 5.41) is 0. The Morgan fingerprint density at radius 2 is 1.81 bits per heavy atom. The topological polar surface area (TPSA) is 52.3 Å². The number of methoxy groups -OCH3 is 1. The number of hydrogen-bond donors (Lipinski definition) is 1. The van der Waals surface area contributed by atoms with E-state index >= 15 is 0 Å². The highest BCUT2D eigenvalue weighted by Crippen LogP contribution is 2.27. The zero-order valence-electron chi connectivity index (χ0n) is 11.8. The molecule has 1 atom stereocenters. The number of carbonyl (C=O) groups excluding carboxylic acids is 1. The minimum absolute atomic E-state index is 0. The first-order valence-corrected chi connectivity index (χ1v) is 6.27. The number of nitrogens with two attached hydrogens (primary N) is 1. The van der Waals surface area contributed by atoms with Crippen LogP contribution in [0.15, 0.2) is 42.5 Å². The maximum absolute atomic E-state index is 13.9. The average Bonchev–Trinajstić information content (AvgIpc) is 2.46. The van der Waals surface area contributed by atoms with Crippen LogP contribution in [0.25, 0.3) is 11.1 Å². The van der Waals surface area contributed by atoms with E-state index in [1.807, 2.05) is 31.2 Å². The molecule has 2 N–H and O–H groups in total. The lowest BCUT2D eigenvalue weighted by Gasteiger charge is -2.11. The Morgan fingerprint density at radius 1 is 1.19 bits per heavy atom. The molecule has 0 aliphatic heterocycles. The number of hydrogen-bond acceptors (Lipinski definition) is 3. The van der Waals surface area contributed by atoms with Crippen molar-refractivity contribution in [3.8, 4) is 11.1 Å². The van der Waals surface area contributed by atoms with Gasteiger partial charge in [-0.25, -0.2) is 9.18 Å². The lowest BCUT2D eigenvalue weighted by molar-refractivity contribution is 0.0596. The van der Waals surface area contributed by atoms with Crippen LogP contribution in [-0.4, -0.2) is 13.1 Å². The third-order valence-electron chi connectivity index (χ3n) is 3.15. The molecule has 0 aliphatic carbocycles. The number of esters is 1. The van der Waals surface area contributed by atoms with Crippen LogP contribution in [0.1, 0.15) is 28.9 Å². The molecular weight excluding hydrogens is 293 g/mol. The van der Waals surface area contributed by atoms with Crippen LogP contribution in [0.5, 0.6) is 0 Å². The van der Waals surface area contributed by atoms with Gasteiger partial charge < -0.3 is 10.5 Å². The monoisotopic (exact) mass is 309 g/mol. The first kappa shape index (κ1) is 17.1. The number of ether oxygens (including phenoxy) is 1. The lowest BCUT2D eigenvalue weighted by atomic mass is 9.97. The maximum Gasteiger partial charge on any atom is 0.341 e. The van der Waals surface area contributed by atoms with Crippen molar-refractivity contribution in [3.05, 3.63) is 59.4 Å². The molecule has 0 fully saturated rings. The number of benzene rings is 2. The molecule has 0 saturated heterocycles. The molecule has 0 bridgehead atoms. The van der Waals surface area contributed by atoms with Gasteiger partial charge in [-0.1, -0.05) is 36.4 Å². The van der Waals surface area contributed by atoms with E-state index < -0.39 is 11.8 Å². The van der Waals surface area contributed by atoms with Gasteiger partial charge in [0.15, 0.2) is 0 Å². The highest BCUT2D eigenvalue weighted by atomic mass is 35.5. The molecule has 0 saturated carbocycles. The van der Waals surface area contributed by atoms with Crippen LogP contribution in [0, 0.1) is 5.82 Å². The highest BCUT2D eigenvalue weighted by Gasteiger charge is 2.18. The van der Waals surface area contributed by atoms with Crippen molar-refractivity contribution in [1.29, 1.82) is 0 Å². The van der Waals surface area contributed by atoms with Gasteiger partial charge in [-0.05, 0) is 29.7 Å². The summed E-state index contributed by atoms with van der Waals surface area (Å²) in [7, 11) is 1.23. The van der Waals surface area contributed by atoms with Gasteiger partial charge in [0, 0.05) is 6.04 Å². The Bertz CT molecular complexity index is 627. The third kappa shape index (κ3) is 3.60. The van der Waals surface area contributed by atoms with Crippen LogP contribution in [0.4, 0.5) is 4.39 Å². The van der Waals surface area contributed by atoms with Crippen molar-refractivity contribution >= 4 is 18.4 Å². The van der Waals surface area contributed by atoms with Crippen LogP contribution in [0.2, 0.25) is 0 Å². The van der Waals surface area contributed by atoms with E-state index in [1.165, 1.54) is 13.2 Å². The van der Waals surface area contributed by atoms with Crippen molar-refractivity contribution in [2.45, 2.75) is 13.0 Å². The molecule has 0 radical (unpaired) electrons. The molecule has 0 amide bonds. The molecule has 112 valence electrons. The van der Waals surface area contributed by atoms with Crippen molar-refractivity contribution in [1.82, 2.24) is 0 Å². The summed E-state index contributed by atoms with van der Waals surface area (Å²) in [4.78, 5) is 11.7. The second-order valence-electron chi connectivity index (χ2n) is 4.56. The van der Waals surface area contributed by atoms with E-state index in [9.17, 15) is 9.18 Å². The summed E-state index contributed by atoms with van der Waals surface area (Å²) >= 11 is 0. The van der Waals surface area contributed by atoms with Gasteiger partial charge in [-0.15, -0.1) is 12.4 Å². The van der Waals surface area contributed by atoms with E-state index in [-0.39, 0.29) is 24.0 Å². The SMILES string of the molecule is COC(=O)c1c(F)cccc1-c1ccc([C@@H](C)N)cc1.Cl. The smallest absolute Gasteiger partial charge is 0.341 e. The zero-order valence-corrected chi connectivity index (χ0v) is 12.6. The van der Waals surface area contributed by atoms with Crippen molar-refractivity contribution in [2.24, 2.45) is 5.73 Å². The largest absolute Gasteiger partial charge is 0.465 e. The van der Waals surface area contributed by atoms with Gasteiger partial charge in [0.1, 0.15) is 11.4 Å². The van der Waals surface area contributed by atoms with Gasteiger partial charge >= 0.3 is 5.97 Å². The fourth-order valence-electron chi connectivity index (χ4n) is 2.04. The number of rotatable bonds is 3. The summed E-state index contributed by atoms with van der Waals surface area (Å²) in [6.07, 6.45) is 0. The van der Waals surface area contributed by atoms with Crippen LogP contribution < -0.4 is 5.73 Å². The summed E-state index contributed by atoms with van der Waals surface area (Å²) < 4.78 is 18.5. The number of carbonyl (C=O) groups is 1. The standard InChI is InChI=1S/C16H16FNO2.ClH/c1-10(18)11-6-8-12(9-7-11)13-4-3-5-14(17)15(13)16(19)20-2;/h3-10H,18H2,1-2H3;1H/t10-;/m1./s1. The summed E-state index contributed by atoms with van der Waals surface area (Å²) in [6.45, 7) is 1.89. The third-order valence-corrected chi connectivity index (χ3v) is 3.15. The predicted molar refractivity (Wildman–Crippen MR) is 83.0 cm³/mol. The van der Waals surface area contributed by atoms with Crippen LogP contribution in [-0.2, 0) is 4.74 Å². The van der Waals surface area contributed by atoms with E-state index in [4.69, 9.17) is 5.73 Å². The molecular formula is C16H17ClFNO2. The number of halogens is 2. The fraction of sp³-hybridized carbons (Fsp3) is 0.188. The van der Waals surface area contributed by atoms with E-state index in [0.29, 0.717) is 5.56 Å². The highest BCUT2D eigenvalue weighted by molar-refractivity contribution is 5.97. The van der Waals surface area contributed by atoms with E-state index in [0.717, 1.165) is 11.1 Å². The molecule has 0 unspecified atom stereocenters. The molecule has 0 spiro atoms. The summed E-state index contributed by atoms with van der Waals surface area (Å²) in [6, 6.07) is 11.8. The Balaban J connectivity index is 0.00000220. The molecule has 2 aromatic rings. The van der Waals surface area contributed by atoms with Gasteiger partial charge in [0.25, 0.3) is 0 Å². The van der Waals surface area contributed by atoms with E-state index in [1.54, 1.807) is 12.1 Å². The summed E-state index contributed by atoms with van der Waals surface area (Å²) in [5.41, 5.74) is 7.97. The predicted octanol–water partition coefficient (Wildman–Crippen LogP) is 3.72. The van der Waals surface area contributed by atoms with Gasteiger partial charge in [-0.3, -0.25) is 0 Å². The quantitative estimate of drug-likeness (QED) is 0.879. The average molecular weight is 310 g/mol. The molecule has 0 aliphatic rings. The van der Waals surface area contributed by atoms with Gasteiger partial charge in [0.05, 0.1) is 7.11 Å². The van der Waals surface area contributed by atoms with Crippen molar-refractivity contribution < 1.29 is 13.9 Å². The Hall–Kier alpha value is -1.91. The maximum atomic E-state index is 13.9. The molecule has 2 rings (SSSR count). The second-order valence-corrected chi connectivity index (χ2v) is 4.56. The first-order chi connectivity index (χ1) is 9.54.